The van der Waals surface area contributed by atoms with E-state index in [-0.39, 0.29) is 6.04 Å². The van der Waals surface area contributed by atoms with Crippen LogP contribution in [-0.2, 0) is 16.0 Å². The fraction of sp³-hybridized carbons (Fsp3) is 0.250. The van der Waals surface area contributed by atoms with Gasteiger partial charge in [0.15, 0.2) is 0 Å². The van der Waals surface area contributed by atoms with E-state index in [1.165, 1.54) is 10.9 Å². The quantitative estimate of drug-likeness (QED) is 0.298. The largest absolute Gasteiger partial charge is 0.495 e. The van der Waals surface area contributed by atoms with E-state index < -0.39 is 18.0 Å². The maximum absolute atomic E-state index is 10.3. The summed E-state index contributed by atoms with van der Waals surface area (Å²) >= 11 is 5.98. The number of para-hydroxylation sites is 1. The number of aliphatic hydroxyl groups excluding tert-OH is 1. The Labute approximate surface area is 196 Å². The van der Waals surface area contributed by atoms with Crippen LogP contribution in [0.4, 0.5) is 0 Å². The fourth-order valence-corrected chi connectivity index (χ4v) is 3.41. The molecule has 0 aliphatic rings. The predicted molar refractivity (Wildman–Crippen MR) is 127 cm³/mol. The number of aromatic nitrogens is 1. The molecule has 2 unspecified atom stereocenters. The first-order valence-corrected chi connectivity index (χ1v) is 10.5. The number of aliphatic hydroxyl groups is 1. The second-order valence-corrected chi connectivity index (χ2v) is 7.73. The normalized spacial score (nSPS) is 12.7. The van der Waals surface area contributed by atoms with E-state index >= 15 is 0 Å². The number of fused-ring (bicyclic) bond motifs is 1. The molecule has 0 saturated carbocycles. The van der Waals surface area contributed by atoms with Gasteiger partial charge in [0.05, 0.1) is 18.7 Å². The van der Waals surface area contributed by atoms with Crippen molar-refractivity contribution >= 4 is 34.4 Å². The minimum atomic E-state index is -1.26. The number of rotatable bonds is 9. The van der Waals surface area contributed by atoms with E-state index in [2.05, 4.69) is 23.3 Å². The zero-order valence-electron chi connectivity index (χ0n) is 18.3. The third kappa shape index (κ3) is 8.27. The number of benzene rings is 2. The average Bonchev–Trinajstić information content (AvgIpc) is 3.19. The van der Waals surface area contributed by atoms with Gasteiger partial charge in [-0.25, -0.2) is 9.59 Å². The molecule has 0 bridgehead atoms. The van der Waals surface area contributed by atoms with Crippen molar-refractivity contribution in [3.8, 4) is 5.75 Å². The molecule has 3 aromatic rings. The molecule has 1 aromatic heterocycles. The lowest BCUT2D eigenvalue weighted by molar-refractivity contribution is -0.134. The number of methoxy groups -OCH3 is 1. The number of aliphatic carboxylic acids is 2. The van der Waals surface area contributed by atoms with E-state index in [0.717, 1.165) is 23.3 Å². The number of aromatic amines is 1. The number of carboxylic acids is 2. The molecule has 0 fully saturated rings. The van der Waals surface area contributed by atoms with Crippen LogP contribution in [0.15, 0.2) is 60.8 Å². The molecule has 5 N–H and O–H groups in total. The van der Waals surface area contributed by atoms with Crippen LogP contribution in [0, 0.1) is 0 Å². The van der Waals surface area contributed by atoms with E-state index in [9.17, 15) is 14.7 Å². The van der Waals surface area contributed by atoms with Gasteiger partial charge in [0.2, 0.25) is 0 Å². The van der Waals surface area contributed by atoms with Crippen molar-refractivity contribution in [2.75, 3.05) is 13.7 Å². The Morgan fingerprint density at radius 2 is 1.82 bits per heavy atom. The molecular weight excluding hydrogens is 448 g/mol. The highest BCUT2D eigenvalue weighted by Crippen LogP contribution is 2.27. The van der Waals surface area contributed by atoms with Gasteiger partial charge >= 0.3 is 11.9 Å². The number of ether oxygens (including phenoxy) is 1. The number of carboxylic acid groups (broad SMARTS) is 2. The average molecular weight is 475 g/mol. The molecule has 33 heavy (non-hydrogen) atoms. The second kappa shape index (κ2) is 12.6. The van der Waals surface area contributed by atoms with Crippen LogP contribution < -0.4 is 10.1 Å². The molecule has 9 heteroatoms. The van der Waals surface area contributed by atoms with Gasteiger partial charge < -0.3 is 30.4 Å². The molecular formula is C24H27ClN2O6. The van der Waals surface area contributed by atoms with Gasteiger partial charge in [-0.1, -0.05) is 35.9 Å². The lowest BCUT2D eigenvalue weighted by Crippen LogP contribution is -2.32. The van der Waals surface area contributed by atoms with Crippen molar-refractivity contribution in [3.63, 3.8) is 0 Å². The summed E-state index contributed by atoms with van der Waals surface area (Å²) in [6.45, 7) is 2.59. The van der Waals surface area contributed by atoms with Crippen molar-refractivity contribution in [1.82, 2.24) is 10.3 Å². The smallest absolute Gasteiger partial charge is 0.328 e. The highest BCUT2D eigenvalue weighted by molar-refractivity contribution is 6.30. The van der Waals surface area contributed by atoms with Crippen LogP contribution in [0.25, 0.3) is 10.9 Å². The summed E-state index contributed by atoms with van der Waals surface area (Å²) in [6, 6.07) is 13.6. The lowest BCUT2D eigenvalue weighted by Gasteiger charge is -2.17. The number of hydrogen-bond donors (Lipinski definition) is 5. The highest BCUT2D eigenvalue weighted by Gasteiger charge is 2.13. The second-order valence-electron chi connectivity index (χ2n) is 7.29. The van der Waals surface area contributed by atoms with Crippen molar-refractivity contribution in [3.05, 3.63) is 77.0 Å². The summed E-state index contributed by atoms with van der Waals surface area (Å²) < 4.78 is 5.39. The van der Waals surface area contributed by atoms with Crippen molar-refractivity contribution in [2.24, 2.45) is 0 Å². The molecule has 8 nitrogen and oxygen atoms in total. The molecule has 0 radical (unpaired) electrons. The molecule has 0 spiro atoms. The molecule has 0 saturated heterocycles. The first-order chi connectivity index (χ1) is 15.7. The summed E-state index contributed by atoms with van der Waals surface area (Å²) in [6.07, 6.45) is 3.42. The lowest BCUT2D eigenvalue weighted by atomic mass is 10.0. The molecule has 0 amide bonds. The van der Waals surface area contributed by atoms with Crippen LogP contribution in [0.3, 0.4) is 0 Å². The Kier molecular flexibility index (Phi) is 9.93. The first kappa shape index (κ1) is 25.9. The number of halogens is 1. The van der Waals surface area contributed by atoms with Crippen LogP contribution in [0.2, 0.25) is 5.02 Å². The topological polar surface area (TPSA) is 132 Å². The monoisotopic (exact) mass is 474 g/mol. The van der Waals surface area contributed by atoms with Gasteiger partial charge in [-0.15, -0.1) is 0 Å². The maximum Gasteiger partial charge on any atom is 0.328 e. The van der Waals surface area contributed by atoms with E-state index in [1.54, 1.807) is 19.2 Å². The third-order valence-corrected chi connectivity index (χ3v) is 5.01. The summed E-state index contributed by atoms with van der Waals surface area (Å²) in [5.41, 5.74) is 3.07. The Hall–Kier alpha value is -3.33. The van der Waals surface area contributed by atoms with Gasteiger partial charge in [0.1, 0.15) is 5.75 Å². The highest BCUT2D eigenvalue weighted by atomic mass is 35.5. The number of nitrogens with one attached hydrogen (secondary N) is 2. The van der Waals surface area contributed by atoms with Crippen LogP contribution in [0.5, 0.6) is 5.75 Å². The summed E-state index contributed by atoms with van der Waals surface area (Å²) in [7, 11) is 1.68. The number of H-pyrrole nitrogens is 1. The van der Waals surface area contributed by atoms with E-state index in [1.807, 2.05) is 30.5 Å². The summed E-state index contributed by atoms with van der Waals surface area (Å²) in [4.78, 5) is 22.4. The molecule has 0 aliphatic carbocycles. The fourth-order valence-electron chi connectivity index (χ4n) is 3.21. The zero-order valence-corrected chi connectivity index (χ0v) is 19.0. The zero-order chi connectivity index (χ0) is 24.4. The summed E-state index contributed by atoms with van der Waals surface area (Å²) in [5.74, 6) is -1.67. The SMILES string of the molecule is COc1cccc2c(CC(C)NCC(O)c3cccc(Cl)c3)c[nH]c12.O=C(O)/C=C/C(=O)O. The molecule has 2 atom stereocenters. The van der Waals surface area contributed by atoms with Gasteiger partial charge in [-0.05, 0) is 42.7 Å². The van der Waals surface area contributed by atoms with Gasteiger partial charge in [-0.3, -0.25) is 0 Å². The minimum Gasteiger partial charge on any atom is -0.495 e. The third-order valence-electron chi connectivity index (χ3n) is 4.77. The summed E-state index contributed by atoms with van der Waals surface area (Å²) in [5, 5.41) is 31.1. The first-order valence-electron chi connectivity index (χ1n) is 10.1. The number of carbonyl (C=O) groups is 2. The van der Waals surface area contributed by atoms with Crippen molar-refractivity contribution in [2.45, 2.75) is 25.5 Å². The minimum absolute atomic E-state index is 0.221. The Balaban J connectivity index is 0.000000414. The van der Waals surface area contributed by atoms with Crippen molar-refractivity contribution in [1.29, 1.82) is 0 Å². The van der Waals surface area contributed by atoms with Gasteiger partial charge in [0, 0.05) is 41.3 Å². The molecule has 2 aromatic carbocycles. The standard InChI is InChI=1S/C20H23ClN2O2.C4H4O4/c1-13(22-12-18(24)14-5-3-6-16(21)10-14)9-15-11-23-20-17(15)7-4-8-19(20)25-2;5-3(6)1-2-4(7)8/h3-8,10-11,13,18,22-24H,9,12H2,1-2H3;1-2H,(H,5,6)(H,7,8)/b;2-1+. The Morgan fingerprint density at radius 3 is 2.42 bits per heavy atom. The van der Waals surface area contributed by atoms with E-state index in [4.69, 9.17) is 26.6 Å². The van der Waals surface area contributed by atoms with Crippen LogP contribution in [0.1, 0.15) is 24.2 Å². The maximum atomic E-state index is 10.3. The Morgan fingerprint density at radius 1 is 1.15 bits per heavy atom. The number of hydrogen-bond acceptors (Lipinski definition) is 5. The van der Waals surface area contributed by atoms with E-state index in [0.29, 0.717) is 23.7 Å². The predicted octanol–water partition coefficient (Wildman–Crippen LogP) is 3.80. The van der Waals surface area contributed by atoms with Gasteiger partial charge in [0.25, 0.3) is 0 Å². The van der Waals surface area contributed by atoms with Crippen LogP contribution in [-0.4, -0.2) is 51.9 Å². The van der Waals surface area contributed by atoms with Crippen molar-refractivity contribution < 1.29 is 29.6 Å². The molecule has 0 aliphatic heterocycles. The van der Waals surface area contributed by atoms with Crippen LogP contribution >= 0.6 is 11.6 Å². The molecule has 3 rings (SSSR count). The molecule has 176 valence electrons. The Bertz CT molecular complexity index is 1100. The van der Waals surface area contributed by atoms with Gasteiger partial charge in [-0.2, -0.15) is 0 Å². The molecule has 1 heterocycles.